The van der Waals surface area contributed by atoms with Crippen molar-refractivity contribution < 1.29 is 0 Å². The molecule has 1 aliphatic carbocycles. The molecular formula is C26H22N4. The quantitative estimate of drug-likeness (QED) is 0.410. The fourth-order valence-corrected chi connectivity index (χ4v) is 4.72. The molecular weight excluding hydrogens is 368 g/mol. The highest BCUT2D eigenvalue weighted by Gasteiger charge is 2.38. The van der Waals surface area contributed by atoms with E-state index in [0.29, 0.717) is 0 Å². The monoisotopic (exact) mass is 390 g/mol. The highest BCUT2D eigenvalue weighted by atomic mass is 15.1. The molecule has 1 aliphatic heterocycles. The molecule has 2 aromatic heterocycles. The summed E-state index contributed by atoms with van der Waals surface area (Å²) in [6, 6.07) is 22.9. The van der Waals surface area contributed by atoms with Crippen molar-refractivity contribution in [2.24, 2.45) is 9.98 Å². The number of benzene rings is 2. The zero-order chi connectivity index (χ0) is 20.0. The summed E-state index contributed by atoms with van der Waals surface area (Å²) in [6.07, 6.45) is 7.51. The first kappa shape index (κ1) is 17.5. The van der Waals surface area contributed by atoms with Crippen LogP contribution in [0.4, 0.5) is 0 Å². The maximum Gasteiger partial charge on any atom is 0.151 e. The van der Waals surface area contributed by atoms with E-state index in [0.717, 1.165) is 57.3 Å². The second-order valence-corrected chi connectivity index (χ2v) is 8.24. The molecule has 4 aromatic rings. The van der Waals surface area contributed by atoms with Crippen LogP contribution in [0.2, 0.25) is 0 Å². The molecule has 3 heterocycles. The van der Waals surface area contributed by atoms with Crippen molar-refractivity contribution >= 4 is 33.2 Å². The van der Waals surface area contributed by atoms with Crippen LogP contribution in [0, 0.1) is 0 Å². The normalized spacial score (nSPS) is 18.0. The van der Waals surface area contributed by atoms with Gasteiger partial charge >= 0.3 is 0 Å². The summed E-state index contributed by atoms with van der Waals surface area (Å²) in [7, 11) is 0. The molecule has 4 nitrogen and oxygen atoms in total. The van der Waals surface area contributed by atoms with E-state index in [-0.39, 0.29) is 5.66 Å². The third-order valence-corrected chi connectivity index (χ3v) is 6.24. The van der Waals surface area contributed by atoms with Gasteiger partial charge in [0.25, 0.3) is 0 Å². The predicted octanol–water partition coefficient (Wildman–Crippen LogP) is 5.74. The Morgan fingerprint density at radius 3 is 2.20 bits per heavy atom. The lowest BCUT2D eigenvalue weighted by Gasteiger charge is -2.27. The zero-order valence-corrected chi connectivity index (χ0v) is 16.8. The first-order chi connectivity index (χ1) is 14.8. The molecule has 2 aliphatic rings. The van der Waals surface area contributed by atoms with Gasteiger partial charge in [0, 0.05) is 22.5 Å². The number of aromatic nitrogens is 2. The number of hydrogen-bond acceptors (Lipinski definition) is 4. The van der Waals surface area contributed by atoms with Crippen LogP contribution in [0.3, 0.4) is 0 Å². The molecule has 0 saturated heterocycles. The van der Waals surface area contributed by atoms with Crippen LogP contribution in [0.25, 0.3) is 21.8 Å². The van der Waals surface area contributed by atoms with Gasteiger partial charge in [-0.15, -0.1) is 0 Å². The molecule has 4 heteroatoms. The van der Waals surface area contributed by atoms with E-state index in [4.69, 9.17) is 15.0 Å². The molecule has 0 unspecified atom stereocenters. The summed E-state index contributed by atoms with van der Waals surface area (Å²) >= 11 is 0. The van der Waals surface area contributed by atoms with E-state index >= 15 is 0 Å². The topological polar surface area (TPSA) is 50.5 Å². The molecule has 146 valence electrons. The Hall–Kier alpha value is -3.40. The SMILES string of the molecule is c1ccc(C2=NC3(CCCCC3)N=C2c2ccc3ccc4cccnc4c3n2)cc1. The first-order valence-corrected chi connectivity index (χ1v) is 10.7. The number of rotatable bonds is 2. The zero-order valence-electron chi connectivity index (χ0n) is 16.8. The maximum atomic E-state index is 5.22. The van der Waals surface area contributed by atoms with Gasteiger partial charge in [0.2, 0.25) is 0 Å². The first-order valence-electron chi connectivity index (χ1n) is 10.7. The van der Waals surface area contributed by atoms with E-state index in [1.54, 1.807) is 0 Å². The smallest absolute Gasteiger partial charge is 0.151 e. The Morgan fingerprint density at radius 1 is 0.633 bits per heavy atom. The number of nitrogens with zero attached hydrogens (tertiary/aromatic N) is 4. The van der Waals surface area contributed by atoms with Crippen molar-refractivity contribution in [1.29, 1.82) is 0 Å². The summed E-state index contributed by atoms with van der Waals surface area (Å²) < 4.78 is 0. The minimum absolute atomic E-state index is 0.313. The molecule has 2 aromatic carbocycles. The second-order valence-electron chi connectivity index (χ2n) is 8.24. The van der Waals surface area contributed by atoms with Crippen molar-refractivity contribution in [3.8, 4) is 0 Å². The molecule has 6 rings (SSSR count). The van der Waals surface area contributed by atoms with Crippen LogP contribution in [0.1, 0.15) is 43.4 Å². The molecule has 0 bridgehead atoms. The van der Waals surface area contributed by atoms with Gasteiger partial charge in [-0.3, -0.25) is 15.0 Å². The fraction of sp³-hybridized carbons (Fsp3) is 0.231. The molecule has 30 heavy (non-hydrogen) atoms. The maximum absolute atomic E-state index is 5.22. The molecule has 0 radical (unpaired) electrons. The van der Waals surface area contributed by atoms with E-state index in [9.17, 15) is 0 Å². The van der Waals surface area contributed by atoms with Crippen molar-refractivity contribution in [3.05, 3.63) is 84.2 Å². The lowest BCUT2D eigenvalue weighted by atomic mass is 9.90. The summed E-state index contributed by atoms with van der Waals surface area (Å²) in [4.78, 5) is 20.1. The Kier molecular flexibility index (Phi) is 3.98. The second kappa shape index (κ2) is 6.84. The van der Waals surface area contributed by atoms with E-state index < -0.39 is 0 Å². The minimum Gasteiger partial charge on any atom is -0.254 e. The van der Waals surface area contributed by atoms with Gasteiger partial charge in [-0.1, -0.05) is 61.0 Å². The summed E-state index contributed by atoms with van der Waals surface area (Å²) in [5.41, 5.74) is 5.41. The van der Waals surface area contributed by atoms with E-state index in [1.807, 2.05) is 18.3 Å². The average Bonchev–Trinajstić information content (AvgIpc) is 3.18. The minimum atomic E-state index is -0.313. The molecule has 1 saturated carbocycles. The Bertz CT molecular complexity index is 1310. The highest BCUT2D eigenvalue weighted by molar-refractivity contribution is 6.54. The van der Waals surface area contributed by atoms with Crippen LogP contribution < -0.4 is 0 Å². The molecule has 0 N–H and O–H groups in total. The Labute approximate surface area is 175 Å². The van der Waals surface area contributed by atoms with Gasteiger partial charge in [-0.25, -0.2) is 4.98 Å². The number of hydrogen-bond donors (Lipinski definition) is 0. The Balaban J connectivity index is 1.55. The van der Waals surface area contributed by atoms with Crippen molar-refractivity contribution in [3.63, 3.8) is 0 Å². The van der Waals surface area contributed by atoms with Gasteiger partial charge in [0.05, 0.1) is 22.4 Å². The van der Waals surface area contributed by atoms with E-state index in [2.05, 4.69) is 59.6 Å². The van der Waals surface area contributed by atoms with Crippen LogP contribution in [-0.2, 0) is 0 Å². The molecule has 1 fully saturated rings. The van der Waals surface area contributed by atoms with Gasteiger partial charge in [-0.05, 0) is 37.8 Å². The largest absolute Gasteiger partial charge is 0.254 e. The van der Waals surface area contributed by atoms with Crippen LogP contribution in [-0.4, -0.2) is 27.1 Å². The average molecular weight is 390 g/mol. The third-order valence-electron chi connectivity index (χ3n) is 6.24. The Morgan fingerprint density at radius 2 is 1.37 bits per heavy atom. The van der Waals surface area contributed by atoms with Crippen molar-refractivity contribution in [2.45, 2.75) is 37.8 Å². The van der Waals surface area contributed by atoms with Gasteiger partial charge in [0.1, 0.15) is 5.71 Å². The van der Waals surface area contributed by atoms with Crippen LogP contribution in [0.15, 0.2) is 82.9 Å². The lowest BCUT2D eigenvalue weighted by molar-refractivity contribution is 0.316. The molecule has 0 amide bonds. The highest BCUT2D eigenvalue weighted by Crippen LogP contribution is 2.38. The van der Waals surface area contributed by atoms with E-state index in [1.165, 1.54) is 19.3 Å². The fourth-order valence-electron chi connectivity index (χ4n) is 4.72. The van der Waals surface area contributed by atoms with Crippen LogP contribution in [0.5, 0.6) is 0 Å². The van der Waals surface area contributed by atoms with Gasteiger partial charge in [0.15, 0.2) is 5.66 Å². The van der Waals surface area contributed by atoms with Crippen LogP contribution >= 0.6 is 0 Å². The number of pyridine rings is 2. The summed E-state index contributed by atoms with van der Waals surface area (Å²) in [6.45, 7) is 0. The number of fused-ring (bicyclic) bond motifs is 3. The lowest BCUT2D eigenvalue weighted by Crippen LogP contribution is -2.25. The molecule has 1 spiro atoms. The predicted molar refractivity (Wildman–Crippen MR) is 122 cm³/mol. The number of aliphatic imine (C=N–C) groups is 2. The summed E-state index contributed by atoms with van der Waals surface area (Å²) in [5.74, 6) is 0. The van der Waals surface area contributed by atoms with Crippen molar-refractivity contribution in [1.82, 2.24) is 9.97 Å². The standard InChI is InChI=1S/C26H22N4/c1-3-8-18(9-4-1)24-25(30-26(29-24)15-5-2-6-16-26)21-14-13-20-12-11-19-10-7-17-27-22(19)23(20)28-21/h1,3-4,7-14,17H,2,5-6,15-16H2. The van der Waals surface area contributed by atoms with Crippen molar-refractivity contribution in [2.75, 3.05) is 0 Å². The van der Waals surface area contributed by atoms with Gasteiger partial charge < -0.3 is 0 Å². The third kappa shape index (κ3) is 2.83. The molecule has 0 atom stereocenters. The summed E-state index contributed by atoms with van der Waals surface area (Å²) in [5, 5.41) is 2.19. The van der Waals surface area contributed by atoms with Gasteiger partial charge in [-0.2, -0.15) is 0 Å².